The average molecular weight is 242 g/mol. The van der Waals surface area contributed by atoms with E-state index < -0.39 is 0 Å². The van der Waals surface area contributed by atoms with Crippen LogP contribution in [0.2, 0.25) is 0 Å². The fraction of sp³-hybridized carbons (Fsp3) is 0.231. The van der Waals surface area contributed by atoms with Crippen LogP contribution in [0.1, 0.15) is 11.3 Å². The molecule has 0 atom stereocenters. The number of rotatable bonds is 1. The molecule has 1 aliphatic heterocycles. The number of nitrogens with zero attached hydrogens (tertiary/aromatic N) is 2. The smallest absolute Gasteiger partial charge is 0.321 e. The molecule has 0 bridgehead atoms. The van der Waals surface area contributed by atoms with Crippen molar-refractivity contribution in [2.75, 3.05) is 12.4 Å². The van der Waals surface area contributed by atoms with Gasteiger partial charge in [0, 0.05) is 30.5 Å². The fourth-order valence-electron chi connectivity index (χ4n) is 2.11. The summed E-state index contributed by atoms with van der Waals surface area (Å²) in [6.07, 6.45) is 0. The van der Waals surface area contributed by atoms with Crippen molar-refractivity contribution >= 4 is 11.7 Å². The van der Waals surface area contributed by atoms with Gasteiger partial charge in [-0.1, -0.05) is 6.07 Å². The second kappa shape index (κ2) is 3.87. The van der Waals surface area contributed by atoms with Gasteiger partial charge < -0.3 is 10.2 Å². The third kappa shape index (κ3) is 1.73. The zero-order valence-corrected chi connectivity index (χ0v) is 10.3. The summed E-state index contributed by atoms with van der Waals surface area (Å²) in [6, 6.07) is 7.92. The van der Waals surface area contributed by atoms with Crippen molar-refractivity contribution in [3.8, 4) is 11.3 Å². The van der Waals surface area contributed by atoms with Crippen molar-refractivity contribution in [1.29, 1.82) is 0 Å². The number of benzene rings is 1. The number of urea groups is 1. The second-order valence-electron chi connectivity index (χ2n) is 4.59. The average Bonchev–Trinajstić information content (AvgIpc) is 2.77. The van der Waals surface area contributed by atoms with Crippen molar-refractivity contribution in [3.63, 3.8) is 0 Å². The lowest BCUT2D eigenvalue weighted by Gasteiger charge is -2.26. The van der Waals surface area contributed by atoms with Gasteiger partial charge in [0.25, 0.3) is 0 Å². The number of carbonyl (C=O) groups is 1. The normalized spacial score (nSPS) is 14.3. The molecule has 1 aromatic heterocycles. The highest BCUT2D eigenvalue weighted by atomic mass is 16.2. The highest BCUT2D eigenvalue weighted by molar-refractivity contribution is 5.92. The number of H-pyrrole nitrogens is 1. The van der Waals surface area contributed by atoms with Gasteiger partial charge in [-0.25, -0.2) is 4.79 Å². The van der Waals surface area contributed by atoms with Crippen LogP contribution in [0.15, 0.2) is 24.3 Å². The Bertz CT molecular complexity index is 617. The Morgan fingerprint density at radius 3 is 2.89 bits per heavy atom. The molecule has 2 aromatic rings. The lowest BCUT2D eigenvalue weighted by atomic mass is 10.0. The van der Waals surface area contributed by atoms with Crippen LogP contribution in [-0.4, -0.2) is 28.2 Å². The van der Waals surface area contributed by atoms with E-state index in [1.807, 2.05) is 25.1 Å². The molecular formula is C13H14N4O. The SMILES string of the molecule is Cc1cc(-c2ccc3c(c2)CN(C)C(=O)N3)n[nH]1. The summed E-state index contributed by atoms with van der Waals surface area (Å²) in [5, 5.41) is 10.0. The molecule has 5 nitrogen and oxygen atoms in total. The fourth-order valence-corrected chi connectivity index (χ4v) is 2.11. The van der Waals surface area contributed by atoms with E-state index in [4.69, 9.17) is 0 Å². The standard InChI is InChI=1S/C13H14N4O/c1-8-5-12(16-15-8)9-3-4-11-10(6-9)7-17(2)13(18)14-11/h3-6H,7H2,1-2H3,(H,14,18)(H,15,16). The molecule has 18 heavy (non-hydrogen) atoms. The van der Waals surface area contributed by atoms with Crippen molar-refractivity contribution in [3.05, 3.63) is 35.5 Å². The molecule has 0 saturated carbocycles. The number of amides is 2. The summed E-state index contributed by atoms with van der Waals surface area (Å²) in [5.41, 5.74) is 5.01. The summed E-state index contributed by atoms with van der Waals surface area (Å²) in [4.78, 5) is 13.2. The molecule has 5 heteroatoms. The van der Waals surface area contributed by atoms with E-state index in [0.717, 1.165) is 28.2 Å². The molecule has 2 amide bonds. The predicted molar refractivity (Wildman–Crippen MR) is 69.2 cm³/mol. The summed E-state index contributed by atoms with van der Waals surface area (Å²) < 4.78 is 0. The van der Waals surface area contributed by atoms with Crippen LogP contribution >= 0.6 is 0 Å². The first-order chi connectivity index (χ1) is 8.63. The number of aromatic nitrogens is 2. The van der Waals surface area contributed by atoms with Gasteiger partial charge in [-0.3, -0.25) is 5.10 Å². The van der Waals surface area contributed by atoms with Crippen molar-refractivity contribution in [1.82, 2.24) is 15.1 Å². The van der Waals surface area contributed by atoms with Crippen LogP contribution in [0.25, 0.3) is 11.3 Å². The minimum Gasteiger partial charge on any atom is -0.323 e. The minimum atomic E-state index is -0.0640. The quantitative estimate of drug-likeness (QED) is 0.806. The highest BCUT2D eigenvalue weighted by Crippen LogP contribution is 2.27. The molecule has 0 saturated heterocycles. The first-order valence-corrected chi connectivity index (χ1v) is 5.81. The third-order valence-electron chi connectivity index (χ3n) is 3.10. The zero-order chi connectivity index (χ0) is 12.7. The van der Waals surface area contributed by atoms with Gasteiger partial charge in [0.1, 0.15) is 0 Å². The molecule has 0 radical (unpaired) electrons. The third-order valence-corrected chi connectivity index (χ3v) is 3.10. The van der Waals surface area contributed by atoms with Gasteiger partial charge in [-0.2, -0.15) is 5.10 Å². The van der Waals surface area contributed by atoms with E-state index in [2.05, 4.69) is 21.6 Å². The van der Waals surface area contributed by atoms with Crippen LogP contribution < -0.4 is 5.32 Å². The molecule has 2 N–H and O–H groups in total. The van der Waals surface area contributed by atoms with Gasteiger partial charge in [0.2, 0.25) is 0 Å². The van der Waals surface area contributed by atoms with E-state index in [1.54, 1.807) is 11.9 Å². The van der Waals surface area contributed by atoms with Crippen LogP contribution in [0, 0.1) is 6.92 Å². The van der Waals surface area contributed by atoms with Gasteiger partial charge in [-0.05, 0) is 30.7 Å². The van der Waals surface area contributed by atoms with E-state index >= 15 is 0 Å². The monoisotopic (exact) mass is 242 g/mol. The zero-order valence-electron chi connectivity index (χ0n) is 10.3. The molecule has 0 fully saturated rings. The molecular weight excluding hydrogens is 228 g/mol. The maximum absolute atomic E-state index is 11.5. The largest absolute Gasteiger partial charge is 0.323 e. The number of anilines is 1. The van der Waals surface area contributed by atoms with Crippen molar-refractivity contribution in [2.45, 2.75) is 13.5 Å². The van der Waals surface area contributed by atoms with Crippen molar-refractivity contribution < 1.29 is 4.79 Å². The Morgan fingerprint density at radius 1 is 1.33 bits per heavy atom. The van der Waals surface area contributed by atoms with Gasteiger partial charge in [0.05, 0.1) is 5.69 Å². The number of hydrogen-bond acceptors (Lipinski definition) is 2. The van der Waals surface area contributed by atoms with E-state index in [0.29, 0.717) is 6.54 Å². The Balaban J connectivity index is 2.01. The van der Waals surface area contributed by atoms with Gasteiger partial charge in [0.15, 0.2) is 0 Å². The molecule has 1 aromatic carbocycles. The Labute approximate surface area is 105 Å². The molecule has 0 aliphatic carbocycles. The number of hydrogen-bond donors (Lipinski definition) is 2. The topological polar surface area (TPSA) is 61.0 Å². The summed E-state index contributed by atoms with van der Waals surface area (Å²) >= 11 is 0. The molecule has 0 spiro atoms. The summed E-state index contributed by atoms with van der Waals surface area (Å²) in [6.45, 7) is 2.60. The first-order valence-electron chi connectivity index (χ1n) is 5.81. The molecule has 2 heterocycles. The minimum absolute atomic E-state index is 0.0640. The number of aromatic amines is 1. The Morgan fingerprint density at radius 2 is 2.17 bits per heavy atom. The summed E-state index contributed by atoms with van der Waals surface area (Å²) in [7, 11) is 1.78. The predicted octanol–water partition coefficient (Wildman–Crippen LogP) is 2.36. The Kier molecular flexibility index (Phi) is 2.33. The lowest BCUT2D eigenvalue weighted by molar-refractivity contribution is 0.218. The van der Waals surface area contributed by atoms with Crippen LogP contribution in [0.3, 0.4) is 0 Å². The van der Waals surface area contributed by atoms with Crippen LogP contribution in [0.4, 0.5) is 10.5 Å². The highest BCUT2D eigenvalue weighted by Gasteiger charge is 2.19. The van der Waals surface area contributed by atoms with Gasteiger partial charge >= 0.3 is 6.03 Å². The number of aryl methyl sites for hydroxylation is 1. The second-order valence-corrected chi connectivity index (χ2v) is 4.59. The molecule has 3 rings (SSSR count). The molecule has 1 aliphatic rings. The number of fused-ring (bicyclic) bond motifs is 1. The number of carbonyl (C=O) groups excluding carboxylic acids is 1. The lowest BCUT2D eigenvalue weighted by Crippen LogP contribution is -2.35. The maximum atomic E-state index is 11.5. The maximum Gasteiger partial charge on any atom is 0.321 e. The van der Waals surface area contributed by atoms with Crippen LogP contribution in [-0.2, 0) is 6.54 Å². The van der Waals surface area contributed by atoms with E-state index in [1.165, 1.54) is 0 Å². The Hall–Kier alpha value is -2.30. The van der Waals surface area contributed by atoms with Crippen LogP contribution in [0.5, 0.6) is 0 Å². The molecule has 0 unspecified atom stereocenters. The summed E-state index contributed by atoms with van der Waals surface area (Å²) in [5.74, 6) is 0. The molecule has 92 valence electrons. The number of nitrogens with one attached hydrogen (secondary N) is 2. The first kappa shape index (κ1) is 10.8. The van der Waals surface area contributed by atoms with E-state index in [9.17, 15) is 4.79 Å². The van der Waals surface area contributed by atoms with Crippen molar-refractivity contribution in [2.24, 2.45) is 0 Å². The van der Waals surface area contributed by atoms with E-state index in [-0.39, 0.29) is 6.03 Å². The van der Waals surface area contributed by atoms with Gasteiger partial charge in [-0.15, -0.1) is 0 Å².